The Morgan fingerprint density at radius 2 is 2.18 bits per heavy atom. The summed E-state index contributed by atoms with van der Waals surface area (Å²) in [6.07, 6.45) is 4.99. The molecule has 0 saturated carbocycles. The molecule has 0 atom stereocenters. The van der Waals surface area contributed by atoms with Gasteiger partial charge in [-0.05, 0) is 37.7 Å². The van der Waals surface area contributed by atoms with Crippen molar-refractivity contribution in [3.63, 3.8) is 0 Å². The van der Waals surface area contributed by atoms with Crippen LogP contribution in [0.1, 0.15) is 17.7 Å². The van der Waals surface area contributed by atoms with Gasteiger partial charge in [-0.2, -0.15) is 4.98 Å². The second-order valence-electron chi connectivity index (χ2n) is 3.97. The van der Waals surface area contributed by atoms with Crippen LogP contribution in [0.2, 0.25) is 0 Å². The summed E-state index contributed by atoms with van der Waals surface area (Å²) >= 11 is 3.38. The molecule has 1 aliphatic rings. The lowest BCUT2D eigenvalue weighted by atomic mass is 10.2. The third-order valence-electron chi connectivity index (χ3n) is 2.91. The van der Waals surface area contributed by atoms with Gasteiger partial charge in [-0.1, -0.05) is 0 Å². The first kappa shape index (κ1) is 11.0. The van der Waals surface area contributed by atoms with Gasteiger partial charge < -0.3 is 5.11 Å². The lowest BCUT2D eigenvalue weighted by Crippen LogP contribution is -1.95. The van der Waals surface area contributed by atoms with Crippen molar-refractivity contribution < 1.29 is 5.11 Å². The fraction of sp³-hybridized carbons (Fsp3) is 0.333. The fourth-order valence-corrected chi connectivity index (χ4v) is 3.55. The number of hydrogen-bond acceptors (Lipinski definition) is 5. The Morgan fingerprint density at radius 3 is 2.94 bits per heavy atom. The first-order chi connectivity index (χ1) is 8.28. The molecule has 2 aromatic heterocycles. The Bertz CT molecular complexity index is 566. The van der Waals surface area contributed by atoms with E-state index in [4.69, 9.17) is 0 Å². The summed E-state index contributed by atoms with van der Waals surface area (Å²) in [6.45, 7) is 0. The van der Waals surface area contributed by atoms with E-state index in [2.05, 4.69) is 22.3 Å². The quantitative estimate of drug-likeness (QED) is 0.847. The largest absolute Gasteiger partial charge is 0.493 e. The highest BCUT2D eigenvalue weighted by molar-refractivity contribution is 8.00. The van der Waals surface area contributed by atoms with Crippen LogP contribution in [0.15, 0.2) is 16.3 Å². The zero-order valence-electron chi connectivity index (χ0n) is 9.43. The molecule has 2 heterocycles. The van der Waals surface area contributed by atoms with Gasteiger partial charge in [0.25, 0.3) is 0 Å². The lowest BCUT2D eigenvalue weighted by molar-refractivity contribution is 0.446. The second kappa shape index (κ2) is 4.31. The normalized spacial score (nSPS) is 13.9. The minimum Gasteiger partial charge on any atom is -0.493 e. The molecule has 0 bridgehead atoms. The van der Waals surface area contributed by atoms with Crippen LogP contribution < -0.4 is 0 Å². The number of thiophene rings is 1. The van der Waals surface area contributed by atoms with Crippen LogP contribution in [0, 0.1) is 0 Å². The fourth-order valence-electron chi connectivity index (χ4n) is 2.07. The molecule has 0 saturated heterocycles. The van der Waals surface area contributed by atoms with Crippen LogP contribution in [0.3, 0.4) is 0 Å². The predicted octanol–water partition coefficient (Wildman–Crippen LogP) is 3.12. The molecule has 5 heteroatoms. The number of aryl methyl sites for hydroxylation is 1. The Hall–Kier alpha value is -1.07. The number of hydrogen-bond donors (Lipinski definition) is 1. The van der Waals surface area contributed by atoms with Crippen molar-refractivity contribution >= 4 is 23.1 Å². The van der Waals surface area contributed by atoms with Gasteiger partial charge in [0, 0.05) is 5.56 Å². The third kappa shape index (κ3) is 1.93. The predicted molar refractivity (Wildman–Crippen MR) is 70.8 cm³/mol. The molecule has 0 fully saturated rings. The van der Waals surface area contributed by atoms with E-state index in [1.54, 1.807) is 23.1 Å². The van der Waals surface area contributed by atoms with Gasteiger partial charge in [-0.15, -0.1) is 23.1 Å². The van der Waals surface area contributed by atoms with Crippen molar-refractivity contribution in [3.8, 4) is 16.6 Å². The van der Waals surface area contributed by atoms with Crippen LogP contribution in [-0.4, -0.2) is 21.3 Å². The molecule has 0 aromatic carbocycles. The van der Waals surface area contributed by atoms with E-state index in [0.29, 0.717) is 5.82 Å². The van der Waals surface area contributed by atoms with E-state index in [-0.39, 0.29) is 5.88 Å². The first-order valence-corrected chi connectivity index (χ1v) is 7.55. The summed E-state index contributed by atoms with van der Waals surface area (Å²) in [7, 11) is 0. The smallest absolute Gasteiger partial charge is 0.217 e. The average molecular weight is 264 g/mol. The van der Waals surface area contributed by atoms with Crippen LogP contribution in [-0.2, 0) is 12.8 Å². The van der Waals surface area contributed by atoms with E-state index in [0.717, 1.165) is 35.4 Å². The SMILES string of the molecule is CSc1ccc(-c2nc(O)c3c(n2)CCC3)s1. The molecule has 0 amide bonds. The van der Waals surface area contributed by atoms with E-state index < -0.39 is 0 Å². The number of nitrogens with zero attached hydrogens (tertiary/aromatic N) is 2. The number of rotatable bonds is 2. The van der Waals surface area contributed by atoms with Crippen molar-refractivity contribution in [1.82, 2.24) is 9.97 Å². The second-order valence-corrected chi connectivity index (χ2v) is 6.16. The van der Waals surface area contributed by atoms with Crippen LogP contribution in [0.25, 0.3) is 10.7 Å². The molecule has 0 aliphatic heterocycles. The van der Waals surface area contributed by atoms with E-state index >= 15 is 0 Å². The van der Waals surface area contributed by atoms with Gasteiger partial charge in [0.05, 0.1) is 14.8 Å². The van der Waals surface area contributed by atoms with Crippen molar-refractivity contribution in [2.45, 2.75) is 23.5 Å². The molecule has 1 aliphatic carbocycles. The highest BCUT2D eigenvalue weighted by atomic mass is 32.2. The molecule has 0 radical (unpaired) electrons. The van der Waals surface area contributed by atoms with E-state index in [1.165, 1.54) is 4.21 Å². The number of thioether (sulfide) groups is 1. The molecule has 1 N–H and O–H groups in total. The highest BCUT2D eigenvalue weighted by Crippen LogP contribution is 2.34. The Morgan fingerprint density at radius 1 is 1.29 bits per heavy atom. The summed E-state index contributed by atoms with van der Waals surface area (Å²) in [5.74, 6) is 0.829. The minimum absolute atomic E-state index is 0.168. The number of fused-ring (bicyclic) bond motifs is 1. The maximum absolute atomic E-state index is 9.89. The highest BCUT2D eigenvalue weighted by Gasteiger charge is 2.19. The zero-order valence-corrected chi connectivity index (χ0v) is 11.1. The summed E-state index contributed by atoms with van der Waals surface area (Å²) in [6, 6.07) is 4.09. The van der Waals surface area contributed by atoms with Crippen LogP contribution in [0.5, 0.6) is 5.88 Å². The number of aromatic nitrogens is 2. The van der Waals surface area contributed by atoms with E-state index in [9.17, 15) is 5.11 Å². The van der Waals surface area contributed by atoms with Crippen LogP contribution >= 0.6 is 23.1 Å². The van der Waals surface area contributed by atoms with Gasteiger partial charge in [0.15, 0.2) is 5.82 Å². The molecule has 3 nitrogen and oxygen atoms in total. The topological polar surface area (TPSA) is 46.0 Å². The summed E-state index contributed by atoms with van der Waals surface area (Å²) in [5, 5.41) is 9.89. The molecule has 2 aromatic rings. The van der Waals surface area contributed by atoms with Gasteiger partial charge in [0.1, 0.15) is 0 Å². The number of aromatic hydroxyl groups is 1. The Balaban J connectivity index is 2.06. The standard InChI is InChI=1S/C12H12N2OS2/c1-16-10-6-5-9(17-10)11-13-8-4-2-3-7(8)12(15)14-11/h5-6H,2-4H2,1H3,(H,13,14,15). The van der Waals surface area contributed by atoms with E-state index in [1.807, 2.05) is 6.07 Å². The summed E-state index contributed by atoms with van der Waals surface area (Å²) < 4.78 is 1.24. The van der Waals surface area contributed by atoms with Gasteiger partial charge in [-0.25, -0.2) is 4.98 Å². The van der Waals surface area contributed by atoms with Gasteiger partial charge >= 0.3 is 0 Å². The molecule has 17 heavy (non-hydrogen) atoms. The molecule has 0 unspecified atom stereocenters. The summed E-state index contributed by atoms with van der Waals surface area (Å²) in [5.41, 5.74) is 1.96. The van der Waals surface area contributed by atoms with Crippen LogP contribution in [0.4, 0.5) is 0 Å². The van der Waals surface area contributed by atoms with Crippen molar-refractivity contribution in [2.24, 2.45) is 0 Å². The molecular formula is C12H12N2OS2. The zero-order chi connectivity index (χ0) is 11.8. The van der Waals surface area contributed by atoms with Crippen molar-refractivity contribution in [3.05, 3.63) is 23.4 Å². The van der Waals surface area contributed by atoms with Crippen molar-refractivity contribution in [1.29, 1.82) is 0 Å². The first-order valence-electron chi connectivity index (χ1n) is 5.51. The minimum atomic E-state index is 0.168. The molecule has 88 valence electrons. The summed E-state index contributed by atoms with van der Waals surface area (Å²) in [4.78, 5) is 9.80. The van der Waals surface area contributed by atoms with Crippen molar-refractivity contribution in [2.75, 3.05) is 6.26 Å². The third-order valence-corrected chi connectivity index (χ3v) is 5.08. The Labute approximate surface area is 108 Å². The lowest BCUT2D eigenvalue weighted by Gasteiger charge is -2.03. The Kier molecular flexibility index (Phi) is 2.80. The average Bonchev–Trinajstić information content (AvgIpc) is 2.97. The molecular weight excluding hydrogens is 252 g/mol. The monoisotopic (exact) mass is 264 g/mol. The molecule has 3 rings (SSSR count). The maximum Gasteiger partial charge on any atom is 0.217 e. The van der Waals surface area contributed by atoms with Gasteiger partial charge in [0.2, 0.25) is 5.88 Å². The maximum atomic E-state index is 9.89. The van der Waals surface area contributed by atoms with Gasteiger partial charge in [-0.3, -0.25) is 0 Å². The molecule has 0 spiro atoms.